The first-order valence-electron chi connectivity index (χ1n) is 7.67. The molecule has 2 aromatic carbocycles. The second kappa shape index (κ2) is 8.34. The first-order chi connectivity index (χ1) is 12.7. The quantitative estimate of drug-likeness (QED) is 0.310. The smallest absolute Gasteiger partial charge is 0.416 e. The summed E-state index contributed by atoms with van der Waals surface area (Å²) in [4.78, 5) is 0. The summed E-state index contributed by atoms with van der Waals surface area (Å²) in [6, 6.07) is 7.57. The zero-order chi connectivity index (χ0) is 21.3. The summed E-state index contributed by atoms with van der Waals surface area (Å²) in [5, 5.41) is 0.438. The van der Waals surface area contributed by atoms with Crippen molar-refractivity contribution in [3.05, 3.63) is 59.2 Å². The SMILES string of the molecule is COc1ccc([P+]([S-])([S-])OC(C)c2cc(C(F)(F)F)cc(C(F)(F)F)c2)cc1. The largest absolute Gasteiger partial charge is 0.542 e. The van der Waals surface area contributed by atoms with Gasteiger partial charge in [-0.05, 0) is 55.0 Å². The van der Waals surface area contributed by atoms with Crippen LogP contribution in [0.3, 0.4) is 0 Å². The molecule has 0 aliphatic heterocycles. The molecule has 28 heavy (non-hydrogen) atoms. The van der Waals surface area contributed by atoms with Gasteiger partial charge < -0.3 is 29.2 Å². The maximum Gasteiger partial charge on any atom is 0.416 e. The van der Waals surface area contributed by atoms with Crippen LogP contribution in [0.2, 0.25) is 0 Å². The fraction of sp³-hybridized carbons (Fsp3) is 0.294. The summed E-state index contributed by atoms with van der Waals surface area (Å²) < 4.78 is 88.7. The van der Waals surface area contributed by atoms with Gasteiger partial charge >= 0.3 is 12.4 Å². The molecule has 0 aliphatic carbocycles. The highest BCUT2D eigenvalue weighted by Crippen LogP contribution is 2.57. The molecule has 0 amide bonds. The summed E-state index contributed by atoms with van der Waals surface area (Å²) in [5.41, 5.74) is -3.15. The van der Waals surface area contributed by atoms with Crippen molar-refractivity contribution in [1.29, 1.82) is 0 Å². The molecule has 0 saturated carbocycles. The first kappa shape index (κ1) is 23.2. The fourth-order valence-electron chi connectivity index (χ4n) is 2.31. The van der Waals surface area contributed by atoms with Crippen LogP contribution < -0.4 is 10.0 Å². The van der Waals surface area contributed by atoms with Gasteiger partial charge in [-0.25, -0.2) is 0 Å². The van der Waals surface area contributed by atoms with Gasteiger partial charge in [-0.2, -0.15) is 26.3 Å². The van der Waals surface area contributed by atoms with Crippen molar-refractivity contribution in [3.8, 4) is 5.75 Å². The molecule has 11 heteroatoms. The van der Waals surface area contributed by atoms with Crippen molar-refractivity contribution < 1.29 is 35.6 Å². The Hall–Kier alpha value is -1.09. The van der Waals surface area contributed by atoms with Crippen molar-refractivity contribution in [2.45, 2.75) is 25.4 Å². The average molecular weight is 459 g/mol. The summed E-state index contributed by atoms with van der Waals surface area (Å²) in [6.45, 7) is 1.31. The molecule has 0 fully saturated rings. The van der Waals surface area contributed by atoms with E-state index >= 15 is 0 Å². The van der Waals surface area contributed by atoms with E-state index in [2.05, 4.69) is 0 Å². The molecule has 2 nitrogen and oxygen atoms in total. The average Bonchev–Trinajstić information content (AvgIpc) is 2.59. The van der Waals surface area contributed by atoms with Gasteiger partial charge in [-0.15, -0.1) is 0 Å². The molecule has 1 atom stereocenters. The van der Waals surface area contributed by atoms with Crippen LogP contribution in [0.4, 0.5) is 26.3 Å². The molecular weight excluding hydrogens is 445 g/mol. The molecule has 0 aliphatic rings. The van der Waals surface area contributed by atoms with E-state index in [4.69, 9.17) is 33.8 Å². The van der Waals surface area contributed by atoms with Gasteiger partial charge in [0.05, 0.1) is 23.5 Å². The van der Waals surface area contributed by atoms with Gasteiger partial charge in [0.25, 0.3) is 0 Å². The second-order valence-corrected chi connectivity index (χ2v) is 11.3. The Morgan fingerprint density at radius 3 is 1.71 bits per heavy atom. The van der Waals surface area contributed by atoms with Crippen molar-refractivity contribution >= 4 is 35.7 Å². The van der Waals surface area contributed by atoms with Crippen LogP contribution in [0.1, 0.15) is 29.7 Å². The van der Waals surface area contributed by atoms with Gasteiger partial charge in [-0.1, -0.05) is 5.89 Å². The number of ether oxygens (including phenoxy) is 1. The minimum atomic E-state index is -4.94. The Bertz CT molecular complexity index is 790. The minimum absolute atomic E-state index is 0.0590. The number of benzene rings is 2. The Morgan fingerprint density at radius 2 is 1.32 bits per heavy atom. The van der Waals surface area contributed by atoms with E-state index in [1.54, 1.807) is 24.3 Å². The Morgan fingerprint density at radius 1 is 0.857 bits per heavy atom. The molecule has 0 radical (unpaired) electrons. The molecular formula is C17H14F6O2PS2-. The van der Waals surface area contributed by atoms with Crippen molar-refractivity contribution in [1.82, 2.24) is 0 Å². The van der Waals surface area contributed by atoms with E-state index in [9.17, 15) is 26.3 Å². The van der Waals surface area contributed by atoms with E-state index in [0.29, 0.717) is 23.2 Å². The number of alkyl halides is 6. The lowest BCUT2D eigenvalue weighted by molar-refractivity contribution is -0.143. The van der Waals surface area contributed by atoms with Crippen LogP contribution in [-0.2, 0) is 41.4 Å². The van der Waals surface area contributed by atoms with E-state index in [0.717, 1.165) is 0 Å². The normalized spacial score (nSPS) is 14.1. The molecule has 0 saturated heterocycles. The van der Waals surface area contributed by atoms with Crippen LogP contribution in [-0.4, -0.2) is 7.11 Å². The van der Waals surface area contributed by atoms with Crippen LogP contribution in [0.15, 0.2) is 42.5 Å². The van der Waals surface area contributed by atoms with Gasteiger partial charge in [-0.3, -0.25) is 4.52 Å². The number of rotatable bonds is 5. The Balaban J connectivity index is 2.37. The van der Waals surface area contributed by atoms with Crippen molar-refractivity contribution in [3.63, 3.8) is 0 Å². The van der Waals surface area contributed by atoms with E-state index in [1.165, 1.54) is 14.0 Å². The maximum atomic E-state index is 13.0. The molecule has 1 unspecified atom stereocenters. The van der Waals surface area contributed by atoms with Gasteiger partial charge in [0.2, 0.25) is 0 Å². The lowest BCUT2D eigenvalue weighted by atomic mass is 10.0. The van der Waals surface area contributed by atoms with E-state index < -0.39 is 35.5 Å². The molecule has 0 N–H and O–H groups in total. The van der Waals surface area contributed by atoms with Crippen LogP contribution in [0, 0.1) is 0 Å². The second-order valence-electron chi connectivity index (χ2n) is 5.78. The predicted molar refractivity (Wildman–Crippen MR) is 100 cm³/mol. The Labute approximate surface area is 169 Å². The number of halogens is 6. The number of hydrogen-bond donors (Lipinski definition) is 0. The van der Waals surface area contributed by atoms with Crippen LogP contribution in [0.5, 0.6) is 5.75 Å². The molecule has 0 spiro atoms. The third-order valence-corrected chi connectivity index (χ3v) is 7.07. The molecule has 0 aromatic heterocycles. The highest BCUT2D eigenvalue weighted by atomic mass is 33.1. The monoisotopic (exact) mass is 459 g/mol. The fourth-order valence-corrected chi connectivity index (χ4v) is 4.99. The topological polar surface area (TPSA) is 18.5 Å². The lowest BCUT2D eigenvalue weighted by Gasteiger charge is -2.39. The van der Waals surface area contributed by atoms with Gasteiger partial charge in [0.15, 0.2) is 0 Å². The van der Waals surface area contributed by atoms with E-state index in [1.807, 2.05) is 0 Å². The highest BCUT2D eigenvalue weighted by molar-refractivity contribution is 8.74. The summed E-state index contributed by atoms with van der Waals surface area (Å²) >= 11 is 10.6. The molecule has 154 valence electrons. The van der Waals surface area contributed by atoms with Gasteiger partial charge in [0, 0.05) is 0 Å². The van der Waals surface area contributed by atoms with Crippen molar-refractivity contribution in [2.24, 2.45) is 0 Å². The van der Waals surface area contributed by atoms with E-state index in [-0.39, 0.29) is 11.6 Å². The van der Waals surface area contributed by atoms with Gasteiger partial charge in [0.1, 0.15) is 11.9 Å². The third-order valence-electron chi connectivity index (χ3n) is 3.76. The molecule has 0 heterocycles. The number of methoxy groups -OCH3 is 1. The summed E-state index contributed by atoms with van der Waals surface area (Å²) in [6.07, 6.45) is -11.1. The molecule has 2 aromatic rings. The Kier molecular flexibility index (Phi) is 6.91. The maximum absolute atomic E-state index is 13.0. The highest BCUT2D eigenvalue weighted by Gasteiger charge is 2.37. The standard InChI is InChI=1S/C17H15F6O2PS2/c1-10(25-26(27,28)15-5-3-14(24-2)4-6-15)11-7-12(16(18,19)20)9-13(8-11)17(21,22)23/h3-10H,1-2H3,(H,27,28)/p-1. The van der Waals surface area contributed by atoms with Crippen LogP contribution >= 0.6 is 5.89 Å². The predicted octanol–water partition coefficient (Wildman–Crippen LogP) is 5.99. The van der Waals surface area contributed by atoms with Crippen molar-refractivity contribution in [2.75, 3.05) is 7.11 Å². The lowest BCUT2D eigenvalue weighted by Crippen LogP contribution is -2.15. The number of hydrogen-bond acceptors (Lipinski definition) is 4. The zero-order valence-electron chi connectivity index (χ0n) is 14.5. The third kappa shape index (κ3) is 5.72. The summed E-state index contributed by atoms with van der Waals surface area (Å²) in [7, 11) is 1.46. The first-order valence-corrected chi connectivity index (χ1v) is 11.4. The minimum Gasteiger partial charge on any atom is -0.542 e. The van der Waals surface area contributed by atoms with Crippen LogP contribution in [0.25, 0.3) is 0 Å². The summed E-state index contributed by atoms with van der Waals surface area (Å²) in [5.74, 6) is -2.57. The molecule has 2 rings (SSSR count). The molecule has 0 bridgehead atoms. The zero-order valence-corrected chi connectivity index (χ0v) is 17.0.